The van der Waals surface area contributed by atoms with E-state index in [1.165, 1.54) is 19.3 Å². The van der Waals surface area contributed by atoms with Gasteiger partial charge >= 0.3 is 0 Å². The fraction of sp³-hybridized carbons (Fsp3) is 0.923. The predicted octanol–water partition coefficient (Wildman–Crippen LogP) is 2.23. The van der Waals surface area contributed by atoms with Gasteiger partial charge in [-0.1, -0.05) is 26.2 Å². The molecule has 0 radical (unpaired) electrons. The Hall–Kier alpha value is -0.280. The quantitative estimate of drug-likeness (QED) is 0.815. The van der Waals surface area contributed by atoms with Crippen LogP contribution in [0.15, 0.2) is 0 Å². The van der Waals surface area contributed by atoms with E-state index in [2.05, 4.69) is 12.2 Å². The van der Waals surface area contributed by atoms with Crippen LogP contribution in [-0.4, -0.2) is 19.0 Å². The summed E-state index contributed by atoms with van der Waals surface area (Å²) in [7, 11) is 0. The summed E-state index contributed by atoms with van der Waals surface area (Å²) in [6.45, 7) is 3.61. The minimum atomic E-state index is -0.236. The number of nitrogens with one attached hydrogen (secondary N) is 1. The van der Waals surface area contributed by atoms with E-state index in [9.17, 15) is 4.79 Å². The van der Waals surface area contributed by atoms with Crippen molar-refractivity contribution >= 4 is 18.3 Å². The molecule has 2 saturated carbocycles. The SMILES string of the molecule is CC1(CNC(=O)C2(CN)CCCC2)CCC1.Cl. The van der Waals surface area contributed by atoms with Crippen molar-refractivity contribution in [1.82, 2.24) is 5.32 Å². The Kier molecular flexibility index (Phi) is 4.85. The minimum Gasteiger partial charge on any atom is -0.355 e. The van der Waals surface area contributed by atoms with E-state index in [-0.39, 0.29) is 23.7 Å². The van der Waals surface area contributed by atoms with Gasteiger partial charge < -0.3 is 11.1 Å². The van der Waals surface area contributed by atoms with Gasteiger partial charge in [0, 0.05) is 13.1 Å². The van der Waals surface area contributed by atoms with Gasteiger partial charge in [-0.3, -0.25) is 4.79 Å². The van der Waals surface area contributed by atoms with E-state index in [4.69, 9.17) is 5.73 Å². The lowest BCUT2D eigenvalue weighted by molar-refractivity contribution is -0.131. The number of carbonyl (C=O) groups excluding carboxylic acids is 1. The molecule has 2 fully saturated rings. The molecular formula is C13H25ClN2O. The van der Waals surface area contributed by atoms with Gasteiger partial charge in [0.1, 0.15) is 0 Å². The second-order valence-electron chi connectivity index (χ2n) is 6.04. The fourth-order valence-electron chi connectivity index (χ4n) is 3.01. The zero-order valence-electron chi connectivity index (χ0n) is 10.8. The minimum absolute atomic E-state index is 0. The van der Waals surface area contributed by atoms with Crippen LogP contribution in [0.25, 0.3) is 0 Å². The zero-order valence-corrected chi connectivity index (χ0v) is 11.6. The number of amides is 1. The van der Waals surface area contributed by atoms with Crippen LogP contribution >= 0.6 is 12.4 Å². The fourth-order valence-corrected chi connectivity index (χ4v) is 3.01. The molecule has 0 heterocycles. The van der Waals surface area contributed by atoms with Crippen molar-refractivity contribution in [3.05, 3.63) is 0 Å². The highest BCUT2D eigenvalue weighted by atomic mass is 35.5. The van der Waals surface area contributed by atoms with Gasteiger partial charge in [-0.05, 0) is 31.1 Å². The Morgan fingerprint density at radius 2 is 1.76 bits per heavy atom. The van der Waals surface area contributed by atoms with Crippen molar-refractivity contribution in [2.24, 2.45) is 16.6 Å². The van der Waals surface area contributed by atoms with Crippen molar-refractivity contribution in [2.45, 2.75) is 51.9 Å². The van der Waals surface area contributed by atoms with Crippen LogP contribution in [0.3, 0.4) is 0 Å². The smallest absolute Gasteiger partial charge is 0.227 e. The lowest BCUT2D eigenvalue weighted by Crippen LogP contribution is -2.48. The number of carbonyl (C=O) groups is 1. The molecule has 1 amide bonds. The zero-order chi connectivity index (χ0) is 11.6. The standard InChI is InChI=1S/C13H24N2O.ClH/c1-12(5-4-6-12)10-15-11(16)13(9-14)7-2-3-8-13;/h2-10,14H2,1H3,(H,15,16);1H. The number of hydrogen-bond donors (Lipinski definition) is 2. The molecule has 4 heteroatoms. The van der Waals surface area contributed by atoms with Crippen molar-refractivity contribution in [3.8, 4) is 0 Å². The van der Waals surface area contributed by atoms with Crippen LogP contribution in [-0.2, 0) is 4.79 Å². The lowest BCUT2D eigenvalue weighted by atomic mass is 9.70. The summed E-state index contributed by atoms with van der Waals surface area (Å²) in [5.74, 6) is 0.209. The first-order valence-corrected chi connectivity index (χ1v) is 6.59. The van der Waals surface area contributed by atoms with E-state index in [1.54, 1.807) is 0 Å². The average molecular weight is 261 g/mol. The van der Waals surface area contributed by atoms with Gasteiger partial charge in [-0.2, -0.15) is 0 Å². The van der Waals surface area contributed by atoms with Crippen LogP contribution in [0.5, 0.6) is 0 Å². The molecule has 17 heavy (non-hydrogen) atoms. The summed E-state index contributed by atoms with van der Waals surface area (Å²) >= 11 is 0. The molecule has 100 valence electrons. The molecule has 0 saturated heterocycles. The molecule has 0 unspecified atom stereocenters. The summed E-state index contributed by atoms with van der Waals surface area (Å²) in [4.78, 5) is 12.2. The normalized spacial score (nSPS) is 24.6. The maximum absolute atomic E-state index is 12.2. The highest BCUT2D eigenvalue weighted by molar-refractivity contribution is 5.85. The Balaban J connectivity index is 0.00000144. The lowest BCUT2D eigenvalue weighted by Gasteiger charge is -2.39. The van der Waals surface area contributed by atoms with Crippen molar-refractivity contribution in [2.75, 3.05) is 13.1 Å². The van der Waals surface area contributed by atoms with Crippen LogP contribution in [0.1, 0.15) is 51.9 Å². The maximum atomic E-state index is 12.2. The summed E-state index contributed by atoms with van der Waals surface area (Å²) in [6, 6.07) is 0. The molecule has 0 aromatic rings. The van der Waals surface area contributed by atoms with Gasteiger partial charge in [0.05, 0.1) is 5.41 Å². The molecular weight excluding hydrogens is 236 g/mol. The van der Waals surface area contributed by atoms with Crippen molar-refractivity contribution < 1.29 is 4.79 Å². The first-order chi connectivity index (χ1) is 7.60. The highest BCUT2D eigenvalue weighted by Gasteiger charge is 2.41. The monoisotopic (exact) mass is 260 g/mol. The van der Waals surface area contributed by atoms with Crippen LogP contribution in [0, 0.1) is 10.8 Å². The Morgan fingerprint density at radius 3 is 2.18 bits per heavy atom. The molecule has 2 aliphatic carbocycles. The van der Waals surface area contributed by atoms with E-state index < -0.39 is 0 Å². The molecule has 2 aliphatic rings. The van der Waals surface area contributed by atoms with Crippen LogP contribution < -0.4 is 11.1 Å². The van der Waals surface area contributed by atoms with E-state index in [1.807, 2.05) is 0 Å². The molecule has 0 bridgehead atoms. The highest BCUT2D eigenvalue weighted by Crippen LogP contribution is 2.41. The van der Waals surface area contributed by atoms with Gasteiger partial charge in [0.2, 0.25) is 5.91 Å². The molecule has 3 N–H and O–H groups in total. The number of halogens is 1. The molecule has 0 aromatic carbocycles. The average Bonchev–Trinajstić information content (AvgIpc) is 2.73. The molecule has 2 rings (SSSR count). The largest absolute Gasteiger partial charge is 0.355 e. The summed E-state index contributed by atoms with van der Waals surface area (Å²) in [5.41, 5.74) is 5.92. The molecule has 0 atom stereocenters. The van der Waals surface area contributed by atoms with Crippen LogP contribution in [0.2, 0.25) is 0 Å². The summed E-state index contributed by atoms with van der Waals surface area (Å²) < 4.78 is 0. The van der Waals surface area contributed by atoms with Gasteiger partial charge in [-0.25, -0.2) is 0 Å². The Bertz CT molecular complexity index is 271. The van der Waals surface area contributed by atoms with E-state index in [0.717, 1.165) is 32.2 Å². The first-order valence-electron chi connectivity index (χ1n) is 6.59. The summed E-state index contributed by atoms with van der Waals surface area (Å²) in [5, 5.41) is 3.14. The number of hydrogen-bond acceptors (Lipinski definition) is 2. The van der Waals surface area contributed by atoms with Gasteiger partial charge in [0.15, 0.2) is 0 Å². The van der Waals surface area contributed by atoms with Gasteiger partial charge in [-0.15, -0.1) is 12.4 Å². The van der Waals surface area contributed by atoms with Crippen molar-refractivity contribution in [1.29, 1.82) is 0 Å². The van der Waals surface area contributed by atoms with E-state index in [0.29, 0.717) is 12.0 Å². The second kappa shape index (κ2) is 5.57. The van der Waals surface area contributed by atoms with Crippen molar-refractivity contribution in [3.63, 3.8) is 0 Å². The Morgan fingerprint density at radius 1 is 1.18 bits per heavy atom. The van der Waals surface area contributed by atoms with Gasteiger partial charge in [0.25, 0.3) is 0 Å². The number of nitrogens with two attached hydrogens (primary N) is 1. The Labute approximate surface area is 110 Å². The maximum Gasteiger partial charge on any atom is 0.227 e. The number of rotatable bonds is 4. The first kappa shape index (κ1) is 14.8. The van der Waals surface area contributed by atoms with E-state index >= 15 is 0 Å². The third kappa shape index (κ3) is 2.94. The summed E-state index contributed by atoms with van der Waals surface area (Å²) in [6.07, 6.45) is 8.09. The predicted molar refractivity (Wildman–Crippen MR) is 72.2 cm³/mol. The molecule has 0 aliphatic heterocycles. The molecule has 3 nitrogen and oxygen atoms in total. The second-order valence-corrected chi connectivity index (χ2v) is 6.04. The third-order valence-electron chi connectivity index (χ3n) is 4.67. The third-order valence-corrected chi connectivity index (χ3v) is 4.67. The molecule has 0 aromatic heterocycles. The molecule has 0 spiro atoms. The topological polar surface area (TPSA) is 55.1 Å². The van der Waals surface area contributed by atoms with Crippen LogP contribution in [0.4, 0.5) is 0 Å².